The molecule has 94 valence electrons. The number of carbonyl (C=O) groups is 2. The van der Waals surface area contributed by atoms with Crippen LogP contribution in [-0.2, 0) is 14.3 Å². The van der Waals surface area contributed by atoms with E-state index in [4.69, 9.17) is 14.9 Å². The molecule has 0 saturated carbocycles. The normalized spacial score (nSPS) is 25.2. The van der Waals surface area contributed by atoms with E-state index < -0.39 is 24.0 Å². The fourth-order valence-corrected chi connectivity index (χ4v) is 1.84. The van der Waals surface area contributed by atoms with Crippen molar-refractivity contribution in [3.63, 3.8) is 0 Å². The number of hydrogen-bond acceptors (Lipinski definition) is 4. The van der Waals surface area contributed by atoms with Crippen LogP contribution in [0, 0.1) is 5.92 Å². The molecule has 1 aliphatic rings. The first-order valence-electron chi connectivity index (χ1n) is 5.43. The summed E-state index contributed by atoms with van der Waals surface area (Å²) >= 11 is 0. The Balaban J connectivity index is 2.30. The third-order valence-corrected chi connectivity index (χ3v) is 2.87. The molecule has 2 unspecified atom stereocenters. The summed E-state index contributed by atoms with van der Waals surface area (Å²) in [7, 11) is 0. The van der Waals surface area contributed by atoms with E-state index in [1.54, 1.807) is 25.1 Å². The molecule has 0 bridgehead atoms. The van der Waals surface area contributed by atoms with Crippen LogP contribution in [0.25, 0.3) is 6.08 Å². The number of rotatable bonds is 2. The number of hydrogen-bond donors (Lipinski definition) is 2. The van der Waals surface area contributed by atoms with E-state index in [-0.39, 0.29) is 5.75 Å². The smallest absolute Gasteiger partial charge is 0.345 e. The molecule has 18 heavy (non-hydrogen) atoms. The van der Waals surface area contributed by atoms with Crippen molar-refractivity contribution in [3.8, 4) is 5.75 Å². The molecule has 2 atom stereocenters. The van der Waals surface area contributed by atoms with Crippen LogP contribution in [0.3, 0.4) is 0 Å². The molecular formula is C13H12O5. The van der Waals surface area contributed by atoms with Gasteiger partial charge in [-0.2, -0.15) is 0 Å². The number of cyclic esters (lactones) is 1. The van der Waals surface area contributed by atoms with Crippen molar-refractivity contribution in [1.29, 1.82) is 0 Å². The highest BCUT2D eigenvalue weighted by Crippen LogP contribution is 2.29. The Labute approximate surface area is 103 Å². The number of aromatic hydroxyl groups is 1. The molecular weight excluding hydrogens is 236 g/mol. The first-order valence-corrected chi connectivity index (χ1v) is 5.43. The van der Waals surface area contributed by atoms with E-state index in [0.29, 0.717) is 11.1 Å². The van der Waals surface area contributed by atoms with Crippen LogP contribution in [0.1, 0.15) is 12.5 Å². The molecule has 5 nitrogen and oxygen atoms in total. The van der Waals surface area contributed by atoms with Crippen LogP contribution in [0.2, 0.25) is 0 Å². The summed E-state index contributed by atoms with van der Waals surface area (Å²) in [5.41, 5.74) is 1.03. The molecule has 1 saturated heterocycles. The van der Waals surface area contributed by atoms with Crippen LogP contribution >= 0.6 is 0 Å². The summed E-state index contributed by atoms with van der Waals surface area (Å²) in [6, 6.07) is 6.25. The van der Waals surface area contributed by atoms with E-state index in [0.717, 1.165) is 0 Å². The molecule has 1 aromatic carbocycles. The number of ether oxygens (including phenoxy) is 1. The largest absolute Gasteiger partial charge is 0.508 e. The Morgan fingerprint density at radius 3 is 2.44 bits per heavy atom. The summed E-state index contributed by atoms with van der Waals surface area (Å²) in [4.78, 5) is 22.4. The van der Waals surface area contributed by atoms with Gasteiger partial charge in [-0.1, -0.05) is 19.1 Å². The number of benzene rings is 1. The third kappa shape index (κ3) is 2.20. The molecule has 1 fully saturated rings. The van der Waals surface area contributed by atoms with Crippen molar-refractivity contribution in [2.75, 3.05) is 0 Å². The fraction of sp³-hybridized carbons (Fsp3) is 0.231. The number of phenols is 1. The summed E-state index contributed by atoms with van der Waals surface area (Å²) in [5, 5.41) is 18.0. The summed E-state index contributed by atoms with van der Waals surface area (Å²) in [6.45, 7) is 1.63. The number of carboxylic acids is 1. The van der Waals surface area contributed by atoms with Crippen LogP contribution < -0.4 is 0 Å². The Kier molecular flexibility index (Phi) is 3.06. The van der Waals surface area contributed by atoms with Crippen molar-refractivity contribution >= 4 is 18.0 Å². The van der Waals surface area contributed by atoms with Crippen LogP contribution in [0.4, 0.5) is 0 Å². The van der Waals surface area contributed by atoms with Gasteiger partial charge in [0.25, 0.3) is 0 Å². The molecule has 0 aliphatic carbocycles. The second kappa shape index (κ2) is 4.52. The first kappa shape index (κ1) is 12.2. The third-order valence-electron chi connectivity index (χ3n) is 2.87. The second-order valence-corrected chi connectivity index (χ2v) is 4.14. The van der Waals surface area contributed by atoms with Gasteiger partial charge in [-0.25, -0.2) is 9.59 Å². The van der Waals surface area contributed by atoms with Gasteiger partial charge >= 0.3 is 11.9 Å². The average Bonchev–Trinajstić information content (AvgIpc) is 2.60. The molecule has 0 amide bonds. The zero-order chi connectivity index (χ0) is 13.3. The fourth-order valence-electron chi connectivity index (χ4n) is 1.84. The highest BCUT2D eigenvalue weighted by molar-refractivity contribution is 5.99. The lowest BCUT2D eigenvalue weighted by molar-refractivity contribution is -0.157. The Hall–Kier alpha value is -2.30. The van der Waals surface area contributed by atoms with Gasteiger partial charge in [0.15, 0.2) is 0 Å². The van der Waals surface area contributed by atoms with Gasteiger partial charge in [-0.05, 0) is 23.8 Å². The van der Waals surface area contributed by atoms with Gasteiger partial charge in [-0.15, -0.1) is 0 Å². The SMILES string of the molecule is CC1/C(=C/c2ccc(O)cc2)C(=O)OC1C(=O)O. The minimum Gasteiger partial charge on any atom is -0.508 e. The zero-order valence-corrected chi connectivity index (χ0v) is 9.66. The topological polar surface area (TPSA) is 83.8 Å². The number of carbonyl (C=O) groups excluding carboxylic acids is 1. The lowest BCUT2D eigenvalue weighted by Gasteiger charge is -2.07. The minimum atomic E-state index is -1.15. The molecule has 1 aromatic rings. The van der Waals surface area contributed by atoms with Gasteiger partial charge in [0.1, 0.15) is 5.75 Å². The zero-order valence-electron chi connectivity index (χ0n) is 9.66. The second-order valence-electron chi connectivity index (χ2n) is 4.14. The Morgan fingerprint density at radius 2 is 1.94 bits per heavy atom. The monoisotopic (exact) mass is 248 g/mol. The van der Waals surface area contributed by atoms with Gasteiger partial charge in [0, 0.05) is 11.5 Å². The van der Waals surface area contributed by atoms with Crippen molar-refractivity contribution in [2.24, 2.45) is 5.92 Å². The molecule has 0 spiro atoms. The Morgan fingerprint density at radius 1 is 1.33 bits per heavy atom. The van der Waals surface area contributed by atoms with Gasteiger partial charge < -0.3 is 14.9 Å². The first-order chi connectivity index (χ1) is 8.49. The molecule has 2 N–H and O–H groups in total. The highest BCUT2D eigenvalue weighted by Gasteiger charge is 2.41. The average molecular weight is 248 g/mol. The van der Waals surface area contributed by atoms with E-state index in [2.05, 4.69) is 0 Å². The summed E-state index contributed by atoms with van der Waals surface area (Å²) < 4.78 is 4.79. The number of carboxylic acid groups (broad SMARTS) is 1. The Bertz CT molecular complexity index is 515. The predicted octanol–water partition coefficient (Wildman–Crippen LogP) is 1.42. The number of aliphatic carboxylic acids is 1. The molecule has 0 aromatic heterocycles. The van der Waals surface area contributed by atoms with Crippen LogP contribution in [-0.4, -0.2) is 28.3 Å². The van der Waals surface area contributed by atoms with E-state index >= 15 is 0 Å². The maximum absolute atomic E-state index is 11.6. The maximum atomic E-state index is 11.6. The van der Waals surface area contributed by atoms with Gasteiger partial charge in [0.05, 0.1) is 0 Å². The molecule has 2 rings (SSSR count). The standard InChI is InChI=1S/C13H12O5/c1-7-10(13(17)18-11(7)12(15)16)6-8-2-4-9(14)5-3-8/h2-7,11,14H,1H3,(H,15,16)/b10-6-. The lowest BCUT2D eigenvalue weighted by Crippen LogP contribution is -2.24. The summed E-state index contributed by atoms with van der Waals surface area (Å²) in [5.74, 6) is -2.13. The maximum Gasteiger partial charge on any atom is 0.345 e. The molecule has 0 radical (unpaired) electrons. The van der Waals surface area contributed by atoms with Crippen molar-refractivity contribution in [2.45, 2.75) is 13.0 Å². The number of phenolic OH excluding ortho intramolecular Hbond substituents is 1. The van der Waals surface area contributed by atoms with Crippen LogP contribution in [0.15, 0.2) is 29.8 Å². The van der Waals surface area contributed by atoms with Gasteiger partial charge in [0.2, 0.25) is 6.10 Å². The van der Waals surface area contributed by atoms with E-state index in [1.807, 2.05) is 0 Å². The quantitative estimate of drug-likeness (QED) is 0.611. The minimum absolute atomic E-state index is 0.127. The van der Waals surface area contributed by atoms with Crippen molar-refractivity contribution in [1.82, 2.24) is 0 Å². The molecule has 1 aliphatic heterocycles. The van der Waals surface area contributed by atoms with E-state index in [9.17, 15) is 9.59 Å². The molecule has 1 heterocycles. The van der Waals surface area contributed by atoms with E-state index in [1.165, 1.54) is 12.1 Å². The van der Waals surface area contributed by atoms with Crippen molar-refractivity contribution < 1.29 is 24.5 Å². The summed E-state index contributed by atoms with van der Waals surface area (Å²) in [6.07, 6.45) is 0.455. The lowest BCUT2D eigenvalue weighted by atomic mass is 9.96. The number of esters is 1. The highest BCUT2D eigenvalue weighted by atomic mass is 16.6. The van der Waals surface area contributed by atoms with Gasteiger partial charge in [-0.3, -0.25) is 0 Å². The predicted molar refractivity (Wildman–Crippen MR) is 62.8 cm³/mol. The van der Waals surface area contributed by atoms with Crippen LogP contribution in [0.5, 0.6) is 5.75 Å². The van der Waals surface area contributed by atoms with Crippen molar-refractivity contribution in [3.05, 3.63) is 35.4 Å². The molecule has 5 heteroatoms.